The maximum Gasteiger partial charge on any atom is 0.303 e. The van der Waals surface area contributed by atoms with Crippen molar-refractivity contribution in [1.29, 1.82) is 0 Å². The van der Waals surface area contributed by atoms with Gasteiger partial charge in [0.2, 0.25) is 0 Å². The normalized spacial score (nSPS) is 15.3. The first-order chi connectivity index (χ1) is 10.9. The van der Waals surface area contributed by atoms with E-state index in [0.29, 0.717) is 31.7 Å². The number of nitro groups is 1. The third-order valence-electron chi connectivity index (χ3n) is 4.00. The number of piperidine rings is 1. The minimum atomic E-state index is -0.849. The fourth-order valence-electron chi connectivity index (χ4n) is 2.73. The molecule has 1 saturated heterocycles. The monoisotopic (exact) mass is 322 g/mol. The fourth-order valence-corrected chi connectivity index (χ4v) is 2.73. The minimum Gasteiger partial charge on any atom is -0.497 e. The molecule has 1 heterocycles. The summed E-state index contributed by atoms with van der Waals surface area (Å²) in [5.41, 5.74) is -0.269. The number of hydrogen-bond acceptors (Lipinski definition) is 5. The van der Waals surface area contributed by atoms with Crippen molar-refractivity contribution in [3.8, 4) is 5.75 Å². The van der Waals surface area contributed by atoms with Crippen molar-refractivity contribution in [2.45, 2.75) is 19.3 Å². The topological polar surface area (TPSA) is 110 Å². The van der Waals surface area contributed by atoms with Gasteiger partial charge in [0.25, 0.3) is 11.6 Å². The molecule has 1 aromatic rings. The molecule has 0 saturated carbocycles. The Bertz CT molecular complexity index is 622. The first-order valence-corrected chi connectivity index (χ1v) is 7.26. The summed E-state index contributed by atoms with van der Waals surface area (Å²) in [5.74, 6) is -0.862. The van der Waals surface area contributed by atoms with E-state index in [4.69, 9.17) is 9.84 Å². The molecule has 0 radical (unpaired) electrons. The molecule has 2 rings (SSSR count). The van der Waals surface area contributed by atoms with Crippen molar-refractivity contribution in [2.75, 3.05) is 20.2 Å². The Morgan fingerprint density at radius 3 is 2.57 bits per heavy atom. The number of rotatable bonds is 5. The van der Waals surface area contributed by atoms with Gasteiger partial charge in [-0.05, 0) is 30.9 Å². The average Bonchev–Trinajstić information content (AvgIpc) is 2.53. The molecular formula is C15H18N2O6. The smallest absolute Gasteiger partial charge is 0.303 e. The molecule has 8 heteroatoms. The lowest BCUT2D eigenvalue weighted by atomic mass is 9.93. The van der Waals surface area contributed by atoms with E-state index < -0.39 is 16.8 Å². The molecule has 124 valence electrons. The molecule has 1 aliphatic heterocycles. The van der Waals surface area contributed by atoms with Crippen molar-refractivity contribution in [2.24, 2.45) is 5.92 Å². The molecule has 23 heavy (non-hydrogen) atoms. The number of hydrogen-bond donors (Lipinski definition) is 1. The van der Waals surface area contributed by atoms with Crippen LogP contribution in [0.15, 0.2) is 18.2 Å². The van der Waals surface area contributed by atoms with Gasteiger partial charge in [-0.1, -0.05) is 0 Å². The van der Waals surface area contributed by atoms with Gasteiger partial charge in [-0.15, -0.1) is 0 Å². The second kappa shape index (κ2) is 7.08. The molecule has 1 amide bonds. The summed E-state index contributed by atoms with van der Waals surface area (Å²) < 4.78 is 5.03. The molecule has 1 N–H and O–H groups in total. The van der Waals surface area contributed by atoms with Gasteiger partial charge in [-0.3, -0.25) is 19.7 Å². The highest BCUT2D eigenvalue weighted by atomic mass is 16.6. The fraction of sp³-hybridized carbons (Fsp3) is 0.467. The second-order valence-electron chi connectivity index (χ2n) is 5.47. The largest absolute Gasteiger partial charge is 0.497 e. The molecule has 1 aliphatic rings. The lowest BCUT2D eigenvalue weighted by Crippen LogP contribution is -2.39. The number of ether oxygens (including phenoxy) is 1. The quantitative estimate of drug-likeness (QED) is 0.655. The molecule has 1 fully saturated rings. The van der Waals surface area contributed by atoms with Crippen molar-refractivity contribution < 1.29 is 24.4 Å². The SMILES string of the molecule is COc1ccc([N+](=O)[O-])c(C(=O)N2CCC(CC(=O)O)CC2)c1. The highest BCUT2D eigenvalue weighted by Gasteiger charge is 2.29. The number of carboxylic acids is 1. The number of likely N-dealkylation sites (tertiary alicyclic amines) is 1. The van der Waals surface area contributed by atoms with Crippen molar-refractivity contribution in [1.82, 2.24) is 4.90 Å². The number of aliphatic carboxylic acids is 1. The third-order valence-corrected chi connectivity index (χ3v) is 4.00. The number of carboxylic acid groups (broad SMARTS) is 1. The van der Waals surface area contributed by atoms with Gasteiger partial charge in [-0.2, -0.15) is 0 Å². The Morgan fingerprint density at radius 1 is 1.39 bits per heavy atom. The summed E-state index contributed by atoms with van der Waals surface area (Å²) >= 11 is 0. The van der Waals surface area contributed by atoms with Crippen LogP contribution >= 0.6 is 0 Å². The molecule has 0 aromatic heterocycles. The standard InChI is InChI=1S/C15H18N2O6/c1-23-11-2-3-13(17(21)22)12(9-11)15(20)16-6-4-10(5-7-16)8-14(18)19/h2-3,9-10H,4-8H2,1H3,(H,18,19). The Hall–Kier alpha value is -2.64. The van der Waals surface area contributed by atoms with Crippen LogP contribution in [0, 0.1) is 16.0 Å². The van der Waals surface area contributed by atoms with Gasteiger partial charge >= 0.3 is 5.97 Å². The number of nitrogens with zero attached hydrogens (tertiary/aromatic N) is 2. The van der Waals surface area contributed by atoms with E-state index >= 15 is 0 Å². The van der Waals surface area contributed by atoms with Crippen molar-refractivity contribution in [3.63, 3.8) is 0 Å². The lowest BCUT2D eigenvalue weighted by Gasteiger charge is -2.31. The Morgan fingerprint density at radius 2 is 2.04 bits per heavy atom. The molecule has 1 aromatic carbocycles. The zero-order valence-electron chi connectivity index (χ0n) is 12.7. The van der Waals surface area contributed by atoms with Crippen LogP contribution in [0.5, 0.6) is 5.75 Å². The molecule has 0 spiro atoms. The number of amides is 1. The van der Waals surface area contributed by atoms with Crippen LogP contribution in [0.1, 0.15) is 29.6 Å². The first-order valence-electron chi connectivity index (χ1n) is 7.26. The predicted molar refractivity (Wildman–Crippen MR) is 80.5 cm³/mol. The highest BCUT2D eigenvalue weighted by Crippen LogP contribution is 2.28. The molecular weight excluding hydrogens is 304 g/mol. The van der Waals surface area contributed by atoms with Crippen LogP contribution < -0.4 is 4.74 Å². The molecule has 0 aliphatic carbocycles. The zero-order valence-corrected chi connectivity index (χ0v) is 12.7. The van der Waals surface area contributed by atoms with Crippen molar-refractivity contribution in [3.05, 3.63) is 33.9 Å². The summed E-state index contributed by atoms with van der Waals surface area (Å²) in [6.45, 7) is 0.788. The molecule has 0 bridgehead atoms. The van der Waals surface area contributed by atoms with E-state index in [9.17, 15) is 19.7 Å². The molecule has 0 unspecified atom stereocenters. The van der Waals surface area contributed by atoms with Gasteiger partial charge in [-0.25, -0.2) is 0 Å². The summed E-state index contributed by atoms with van der Waals surface area (Å²) in [5, 5.41) is 19.9. The first kappa shape index (κ1) is 16.7. The number of methoxy groups -OCH3 is 1. The maximum atomic E-state index is 12.6. The Balaban J connectivity index is 2.15. The average molecular weight is 322 g/mol. The van der Waals surface area contributed by atoms with Crippen LogP contribution in [-0.4, -0.2) is 47.0 Å². The van der Waals surface area contributed by atoms with Crippen molar-refractivity contribution >= 4 is 17.6 Å². The summed E-state index contributed by atoms with van der Waals surface area (Å²) in [6.07, 6.45) is 1.24. The summed E-state index contributed by atoms with van der Waals surface area (Å²) in [6, 6.07) is 4.06. The lowest BCUT2D eigenvalue weighted by molar-refractivity contribution is -0.385. The highest BCUT2D eigenvalue weighted by molar-refractivity contribution is 5.98. The summed E-state index contributed by atoms with van der Waals surface area (Å²) in [4.78, 5) is 35.3. The molecule has 8 nitrogen and oxygen atoms in total. The van der Waals surface area contributed by atoms with Crippen LogP contribution in [0.2, 0.25) is 0 Å². The van der Waals surface area contributed by atoms with E-state index in [1.54, 1.807) is 0 Å². The molecule has 0 atom stereocenters. The second-order valence-corrected chi connectivity index (χ2v) is 5.47. The summed E-state index contributed by atoms with van der Waals surface area (Å²) in [7, 11) is 1.42. The number of carbonyl (C=O) groups is 2. The van der Waals surface area contributed by atoms with E-state index in [1.807, 2.05) is 0 Å². The number of carbonyl (C=O) groups excluding carboxylic acids is 1. The van der Waals surface area contributed by atoms with Gasteiger partial charge in [0, 0.05) is 25.6 Å². The van der Waals surface area contributed by atoms with Crippen LogP contribution in [0.4, 0.5) is 5.69 Å². The zero-order chi connectivity index (χ0) is 17.0. The van der Waals surface area contributed by atoms with E-state index in [1.165, 1.54) is 30.2 Å². The van der Waals surface area contributed by atoms with Gasteiger partial charge in [0.15, 0.2) is 0 Å². The van der Waals surface area contributed by atoms with E-state index in [0.717, 1.165) is 0 Å². The Kier molecular flexibility index (Phi) is 5.15. The maximum absolute atomic E-state index is 12.6. The van der Waals surface area contributed by atoms with E-state index in [2.05, 4.69) is 0 Å². The van der Waals surface area contributed by atoms with E-state index in [-0.39, 0.29) is 23.6 Å². The predicted octanol–water partition coefficient (Wildman–Crippen LogP) is 1.93. The van der Waals surface area contributed by atoms with Gasteiger partial charge < -0.3 is 14.7 Å². The van der Waals surface area contributed by atoms with Crippen LogP contribution in [0.3, 0.4) is 0 Å². The minimum absolute atomic E-state index is 0.00830. The van der Waals surface area contributed by atoms with Gasteiger partial charge in [0.1, 0.15) is 11.3 Å². The number of nitro benzene ring substituents is 1. The third kappa shape index (κ3) is 3.97. The Labute approximate surface area is 132 Å². The number of benzene rings is 1. The van der Waals surface area contributed by atoms with Crippen LogP contribution in [0.25, 0.3) is 0 Å². The van der Waals surface area contributed by atoms with Crippen LogP contribution in [-0.2, 0) is 4.79 Å². The van der Waals surface area contributed by atoms with Gasteiger partial charge in [0.05, 0.1) is 12.0 Å².